The van der Waals surface area contributed by atoms with Gasteiger partial charge in [-0.15, -0.1) is 0 Å². The van der Waals surface area contributed by atoms with Crippen LogP contribution in [0, 0.1) is 11.3 Å². The van der Waals surface area contributed by atoms with Crippen molar-refractivity contribution >= 4 is 5.78 Å². The van der Waals surface area contributed by atoms with Gasteiger partial charge in [-0.1, -0.05) is 48.5 Å². The van der Waals surface area contributed by atoms with Gasteiger partial charge in [0.2, 0.25) is 0 Å². The topological polar surface area (TPSA) is 62.1 Å². The summed E-state index contributed by atoms with van der Waals surface area (Å²) in [7, 11) is 0. The van der Waals surface area contributed by atoms with Gasteiger partial charge in [0, 0.05) is 29.0 Å². The number of dihydropyridines is 1. The minimum atomic E-state index is -0.374. The highest BCUT2D eigenvalue weighted by atomic mass is 16.5. The molecule has 0 fully saturated rings. The number of nitrogens with zero attached hydrogens (tertiary/aromatic N) is 1. The van der Waals surface area contributed by atoms with Crippen LogP contribution in [0.5, 0.6) is 5.75 Å². The quantitative estimate of drug-likeness (QED) is 0.843. The normalized spacial score (nSPS) is 19.0. The van der Waals surface area contributed by atoms with E-state index in [-0.39, 0.29) is 11.7 Å². The monoisotopic (exact) mass is 370 g/mol. The molecular weight excluding hydrogens is 348 g/mol. The fraction of sp³-hybridized carbons (Fsp3) is 0.250. The highest BCUT2D eigenvalue weighted by Gasteiger charge is 2.37. The summed E-state index contributed by atoms with van der Waals surface area (Å²) in [5.74, 6) is 0.460. The Bertz CT molecular complexity index is 1010. The van der Waals surface area contributed by atoms with E-state index in [1.807, 2.05) is 61.5 Å². The van der Waals surface area contributed by atoms with Crippen molar-refractivity contribution in [3.8, 4) is 11.8 Å². The average molecular weight is 370 g/mol. The lowest BCUT2D eigenvalue weighted by atomic mass is 9.75. The molecule has 4 rings (SSSR count). The number of allylic oxidation sites excluding steroid dienone is 4. The van der Waals surface area contributed by atoms with E-state index in [0.29, 0.717) is 24.4 Å². The van der Waals surface area contributed by atoms with E-state index in [1.165, 1.54) is 0 Å². The molecule has 0 aromatic heterocycles. The van der Waals surface area contributed by atoms with Gasteiger partial charge in [-0.05, 0) is 31.4 Å². The third kappa shape index (κ3) is 3.32. The van der Waals surface area contributed by atoms with E-state index in [2.05, 4.69) is 11.4 Å². The van der Waals surface area contributed by atoms with E-state index in [9.17, 15) is 10.1 Å². The molecule has 1 aliphatic heterocycles. The van der Waals surface area contributed by atoms with Gasteiger partial charge in [-0.2, -0.15) is 5.26 Å². The molecule has 0 saturated carbocycles. The molecule has 28 heavy (non-hydrogen) atoms. The molecule has 1 N–H and O–H groups in total. The molecule has 1 aliphatic carbocycles. The lowest BCUT2D eigenvalue weighted by molar-refractivity contribution is -0.116. The Labute approximate surface area is 165 Å². The third-order valence-corrected chi connectivity index (χ3v) is 5.36. The third-order valence-electron chi connectivity index (χ3n) is 5.36. The number of rotatable bonds is 4. The number of hydrogen-bond acceptors (Lipinski definition) is 4. The van der Waals surface area contributed by atoms with Crippen LogP contribution in [0.2, 0.25) is 0 Å². The second kappa shape index (κ2) is 7.74. The van der Waals surface area contributed by atoms with Crippen LogP contribution in [-0.4, -0.2) is 5.78 Å². The molecule has 4 nitrogen and oxygen atoms in total. The predicted octanol–water partition coefficient (Wildman–Crippen LogP) is 4.76. The number of nitriles is 1. The molecule has 0 unspecified atom stereocenters. The number of para-hydroxylation sites is 1. The van der Waals surface area contributed by atoms with E-state index in [4.69, 9.17) is 4.74 Å². The molecule has 140 valence electrons. The Morgan fingerprint density at radius 2 is 1.86 bits per heavy atom. The summed E-state index contributed by atoms with van der Waals surface area (Å²) in [5.41, 5.74) is 5.03. The number of carbonyl (C=O) groups excluding carboxylic acids is 1. The number of nitrogens with one attached hydrogen (secondary N) is 1. The lowest BCUT2D eigenvalue weighted by Crippen LogP contribution is -2.31. The first kappa shape index (κ1) is 18.1. The zero-order valence-corrected chi connectivity index (χ0v) is 15.9. The minimum Gasteiger partial charge on any atom is -0.489 e. The fourth-order valence-corrected chi connectivity index (χ4v) is 4.03. The van der Waals surface area contributed by atoms with Crippen LogP contribution >= 0.6 is 0 Å². The molecule has 0 amide bonds. The first-order valence-corrected chi connectivity index (χ1v) is 9.59. The number of hydrogen-bond donors (Lipinski definition) is 1. The number of ketones is 1. The highest BCUT2D eigenvalue weighted by molar-refractivity contribution is 6.00. The summed E-state index contributed by atoms with van der Waals surface area (Å²) >= 11 is 0. The van der Waals surface area contributed by atoms with Gasteiger partial charge in [0.15, 0.2) is 5.78 Å². The minimum absolute atomic E-state index is 0.122. The Hall–Kier alpha value is -3.32. The average Bonchev–Trinajstić information content (AvgIpc) is 2.72. The fourth-order valence-electron chi connectivity index (χ4n) is 4.03. The Morgan fingerprint density at radius 1 is 1.11 bits per heavy atom. The summed E-state index contributed by atoms with van der Waals surface area (Å²) < 4.78 is 6.13. The molecule has 0 spiro atoms. The molecule has 1 heterocycles. The van der Waals surface area contributed by atoms with E-state index >= 15 is 0 Å². The van der Waals surface area contributed by atoms with Crippen LogP contribution in [-0.2, 0) is 11.4 Å². The van der Waals surface area contributed by atoms with Crippen molar-refractivity contribution < 1.29 is 9.53 Å². The van der Waals surface area contributed by atoms with Gasteiger partial charge < -0.3 is 10.1 Å². The predicted molar refractivity (Wildman–Crippen MR) is 107 cm³/mol. The smallest absolute Gasteiger partial charge is 0.161 e. The zero-order chi connectivity index (χ0) is 19.5. The second-order valence-electron chi connectivity index (χ2n) is 7.19. The highest BCUT2D eigenvalue weighted by Crippen LogP contribution is 2.44. The molecule has 2 aromatic carbocycles. The molecule has 0 bridgehead atoms. The number of Topliss-reactive ketones (excluding diaryl/α,β-unsaturated/α-hetero) is 1. The maximum Gasteiger partial charge on any atom is 0.161 e. The molecule has 2 aliphatic rings. The number of ether oxygens (including phenoxy) is 1. The van der Waals surface area contributed by atoms with Crippen molar-refractivity contribution in [2.75, 3.05) is 0 Å². The van der Waals surface area contributed by atoms with E-state index in [1.54, 1.807) is 0 Å². The largest absolute Gasteiger partial charge is 0.489 e. The molecule has 2 aromatic rings. The summed E-state index contributed by atoms with van der Waals surface area (Å²) in [6.07, 6.45) is 2.21. The second-order valence-corrected chi connectivity index (χ2v) is 7.19. The van der Waals surface area contributed by atoms with Crippen LogP contribution in [0.25, 0.3) is 0 Å². The van der Waals surface area contributed by atoms with Gasteiger partial charge in [-0.3, -0.25) is 4.79 Å². The number of benzene rings is 2. The van der Waals surface area contributed by atoms with Crippen LogP contribution in [0.4, 0.5) is 0 Å². The molecule has 4 heteroatoms. The first-order valence-electron chi connectivity index (χ1n) is 9.59. The van der Waals surface area contributed by atoms with Gasteiger partial charge in [0.05, 0.1) is 17.6 Å². The van der Waals surface area contributed by atoms with Gasteiger partial charge >= 0.3 is 0 Å². The van der Waals surface area contributed by atoms with Crippen molar-refractivity contribution in [1.82, 2.24) is 5.32 Å². The Morgan fingerprint density at radius 3 is 2.64 bits per heavy atom. The Kier molecular flexibility index (Phi) is 4.99. The summed E-state index contributed by atoms with van der Waals surface area (Å²) in [4.78, 5) is 12.8. The van der Waals surface area contributed by atoms with Crippen LogP contribution in [0.3, 0.4) is 0 Å². The maximum absolute atomic E-state index is 12.8. The van der Waals surface area contributed by atoms with Crippen molar-refractivity contribution in [3.63, 3.8) is 0 Å². The standard InChI is InChI=1S/C24H22N2O2/c1-16-19(14-25)23(24-20(26-16)11-7-12-21(24)27)18-10-5-6-13-22(18)28-15-17-8-3-2-4-9-17/h2-6,8-10,13,23,26H,7,11-12,15H2,1H3/t23-/m1/s1. The van der Waals surface area contributed by atoms with Crippen molar-refractivity contribution in [3.05, 3.63) is 88.3 Å². The molecule has 0 saturated heterocycles. The molecular formula is C24H22N2O2. The van der Waals surface area contributed by atoms with Crippen molar-refractivity contribution in [2.24, 2.45) is 0 Å². The number of carbonyl (C=O) groups is 1. The van der Waals surface area contributed by atoms with Crippen LogP contribution in [0.15, 0.2) is 77.1 Å². The first-order chi connectivity index (χ1) is 13.7. The lowest BCUT2D eigenvalue weighted by Gasteiger charge is -2.33. The maximum atomic E-state index is 12.8. The summed E-state index contributed by atoms with van der Waals surface area (Å²) in [6, 6.07) is 20.0. The summed E-state index contributed by atoms with van der Waals surface area (Å²) in [6.45, 7) is 2.34. The van der Waals surface area contributed by atoms with Crippen LogP contribution in [0.1, 0.15) is 43.2 Å². The SMILES string of the molecule is CC1=C(C#N)[C@@H](c2ccccc2OCc2ccccc2)C2=C(CCCC2=O)N1. The van der Waals surface area contributed by atoms with Crippen molar-refractivity contribution in [2.45, 2.75) is 38.7 Å². The summed E-state index contributed by atoms with van der Waals surface area (Å²) in [5, 5.41) is 13.1. The van der Waals surface area contributed by atoms with Gasteiger partial charge in [0.1, 0.15) is 12.4 Å². The van der Waals surface area contributed by atoms with E-state index < -0.39 is 0 Å². The van der Waals surface area contributed by atoms with Gasteiger partial charge in [-0.25, -0.2) is 0 Å². The Balaban J connectivity index is 1.76. The molecule has 0 radical (unpaired) electrons. The van der Waals surface area contributed by atoms with Crippen LogP contribution < -0.4 is 10.1 Å². The van der Waals surface area contributed by atoms with Gasteiger partial charge in [0.25, 0.3) is 0 Å². The molecule has 1 atom stereocenters. The zero-order valence-electron chi connectivity index (χ0n) is 15.9. The van der Waals surface area contributed by atoms with Crippen molar-refractivity contribution in [1.29, 1.82) is 5.26 Å². The van der Waals surface area contributed by atoms with E-state index in [0.717, 1.165) is 40.9 Å².